The van der Waals surface area contributed by atoms with Crippen LogP contribution in [-0.2, 0) is 6.54 Å². The normalized spacial score (nSPS) is 30.1. The number of nitrogens with zero attached hydrogens (tertiary/aromatic N) is 3. The number of hydrogen-bond acceptors (Lipinski definition) is 2. The number of aromatic nitrogens is 2. The zero-order chi connectivity index (χ0) is 14.0. The van der Waals surface area contributed by atoms with Crippen LogP contribution in [0.5, 0.6) is 0 Å². The molecule has 3 nitrogen and oxygen atoms in total. The molecule has 0 amide bonds. The molecule has 2 aliphatic rings. The van der Waals surface area contributed by atoms with E-state index in [0.29, 0.717) is 5.41 Å². The first kappa shape index (κ1) is 14.1. The van der Waals surface area contributed by atoms with Crippen LogP contribution in [-0.4, -0.2) is 34.3 Å². The number of likely N-dealkylation sites (tertiary alicyclic amines) is 1. The third kappa shape index (κ3) is 2.93. The van der Waals surface area contributed by atoms with Crippen molar-refractivity contribution in [2.75, 3.05) is 19.6 Å². The fraction of sp³-hybridized carbons (Fsp3) is 0.824. The zero-order valence-corrected chi connectivity index (χ0v) is 13.1. The third-order valence-corrected chi connectivity index (χ3v) is 5.87. The number of piperidine rings is 1. The van der Waals surface area contributed by atoms with Crippen LogP contribution >= 0.6 is 0 Å². The van der Waals surface area contributed by atoms with Crippen molar-refractivity contribution in [3.05, 3.63) is 18.5 Å². The first-order valence-corrected chi connectivity index (χ1v) is 8.36. The first-order chi connectivity index (χ1) is 9.66. The van der Waals surface area contributed by atoms with Gasteiger partial charge in [0.1, 0.15) is 0 Å². The van der Waals surface area contributed by atoms with Crippen molar-refractivity contribution >= 4 is 0 Å². The van der Waals surface area contributed by atoms with Gasteiger partial charge in [0.15, 0.2) is 0 Å². The highest BCUT2D eigenvalue weighted by Crippen LogP contribution is 2.53. The Bertz CT molecular complexity index is 404. The van der Waals surface area contributed by atoms with E-state index in [2.05, 4.69) is 34.7 Å². The molecule has 2 heterocycles. The summed E-state index contributed by atoms with van der Waals surface area (Å²) in [5.41, 5.74) is 0.518. The van der Waals surface area contributed by atoms with Crippen molar-refractivity contribution in [1.82, 2.24) is 14.7 Å². The Morgan fingerprint density at radius 3 is 2.60 bits per heavy atom. The minimum Gasteiger partial charge on any atom is -0.303 e. The zero-order valence-electron chi connectivity index (χ0n) is 13.1. The molecule has 0 spiro atoms. The summed E-state index contributed by atoms with van der Waals surface area (Å²) in [5.74, 6) is 1.78. The van der Waals surface area contributed by atoms with Crippen molar-refractivity contribution in [1.29, 1.82) is 0 Å². The Hall–Kier alpha value is -0.830. The van der Waals surface area contributed by atoms with Crippen molar-refractivity contribution in [3.8, 4) is 0 Å². The molecule has 1 aliphatic carbocycles. The Balaban J connectivity index is 1.46. The lowest BCUT2D eigenvalue weighted by atomic mass is 9.53. The fourth-order valence-corrected chi connectivity index (χ4v) is 4.10. The third-order valence-electron chi connectivity index (χ3n) is 5.87. The predicted octanol–water partition coefficient (Wildman–Crippen LogP) is 3.42. The van der Waals surface area contributed by atoms with Gasteiger partial charge in [-0.3, -0.25) is 4.68 Å². The van der Waals surface area contributed by atoms with Crippen LogP contribution in [0.3, 0.4) is 0 Å². The molecule has 1 aliphatic heterocycles. The summed E-state index contributed by atoms with van der Waals surface area (Å²) in [4.78, 5) is 2.71. The van der Waals surface area contributed by atoms with E-state index in [4.69, 9.17) is 0 Å². The van der Waals surface area contributed by atoms with E-state index in [1.54, 1.807) is 0 Å². The Kier molecular flexibility index (Phi) is 4.16. The highest BCUT2D eigenvalue weighted by atomic mass is 15.3. The van der Waals surface area contributed by atoms with Crippen LogP contribution in [0.4, 0.5) is 0 Å². The molecule has 0 N–H and O–H groups in total. The highest BCUT2D eigenvalue weighted by molar-refractivity contribution is 4.97. The van der Waals surface area contributed by atoms with Crippen molar-refractivity contribution in [3.63, 3.8) is 0 Å². The molecular formula is C17H29N3. The molecule has 0 bridgehead atoms. The lowest BCUT2D eigenvalue weighted by molar-refractivity contribution is -0.0487. The topological polar surface area (TPSA) is 21.1 Å². The van der Waals surface area contributed by atoms with Crippen LogP contribution in [0, 0.1) is 17.3 Å². The Morgan fingerprint density at radius 2 is 1.95 bits per heavy atom. The average molecular weight is 275 g/mol. The second-order valence-electron chi connectivity index (χ2n) is 7.37. The van der Waals surface area contributed by atoms with E-state index < -0.39 is 0 Å². The molecule has 1 aromatic heterocycles. The predicted molar refractivity (Wildman–Crippen MR) is 82.5 cm³/mol. The van der Waals surface area contributed by atoms with Crippen LogP contribution in [0.25, 0.3) is 0 Å². The Labute approximate surface area is 123 Å². The van der Waals surface area contributed by atoms with E-state index in [0.717, 1.165) is 18.4 Å². The summed E-state index contributed by atoms with van der Waals surface area (Å²) >= 11 is 0. The average Bonchev–Trinajstić information content (AvgIpc) is 2.96. The lowest BCUT2D eigenvalue weighted by Crippen LogP contribution is -2.51. The van der Waals surface area contributed by atoms with Crippen LogP contribution in [0.2, 0.25) is 0 Å². The van der Waals surface area contributed by atoms with Gasteiger partial charge in [0.05, 0.1) is 0 Å². The Morgan fingerprint density at radius 1 is 1.15 bits per heavy atom. The molecule has 20 heavy (non-hydrogen) atoms. The minimum absolute atomic E-state index is 0.518. The summed E-state index contributed by atoms with van der Waals surface area (Å²) < 4.78 is 2.08. The molecular weight excluding hydrogens is 246 g/mol. The summed E-state index contributed by atoms with van der Waals surface area (Å²) in [6, 6.07) is 2.02. The van der Waals surface area contributed by atoms with Gasteiger partial charge in [-0.05, 0) is 62.1 Å². The molecule has 0 aromatic carbocycles. The van der Waals surface area contributed by atoms with E-state index >= 15 is 0 Å². The molecule has 1 aromatic rings. The molecule has 3 rings (SSSR count). The molecule has 3 heteroatoms. The van der Waals surface area contributed by atoms with Gasteiger partial charge in [0.25, 0.3) is 0 Å². The molecule has 1 saturated carbocycles. The van der Waals surface area contributed by atoms with E-state index in [1.165, 1.54) is 51.7 Å². The molecule has 1 saturated heterocycles. The summed E-state index contributed by atoms with van der Waals surface area (Å²) in [7, 11) is 0. The van der Waals surface area contributed by atoms with E-state index in [-0.39, 0.29) is 0 Å². The highest BCUT2D eigenvalue weighted by Gasteiger charge is 2.47. The standard InChI is InChI=1S/C17H29N3/c1-17(2)15(7-12-20-11-6-8-18-20)13-16(17)14-19-9-4-3-5-10-19/h6,8,11,15-16H,3-5,7,9-10,12-14H2,1-2H3/t15-,16-/m0/s1. The number of aryl methyl sites for hydroxylation is 1. The maximum atomic E-state index is 4.32. The quantitative estimate of drug-likeness (QED) is 0.821. The monoisotopic (exact) mass is 275 g/mol. The van der Waals surface area contributed by atoms with Crippen LogP contribution in [0.15, 0.2) is 18.5 Å². The molecule has 0 unspecified atom stereocenters. The van der Waals surface area contributed by atoms with Gasteiger partial charge in [0, 0.05) is 25.5 Å². The van der Waals surface area contributed by atoms with Crippen LogP contribution < -0.4 is 0 Å². The summed E-state index contributed by atoms with van der Waals surface area (Å²) in [6.07, 6.45) is 10.9. The maximum absolute atomic E-state index is 4.32. The molecule has 112 valence electrons. The molecule has 2 atom stereocenters. The fourth-order valence-electron chi connectivity index (χ4n) is 4.10. The van der Waals surface area contributed by atoms with Gasteiger partial charge < -0.3 is 4.90 Å². The van der Waals surface area contributed by atoms with Gasteiger partial charge in [-0.15, -0.1) is 0 Å². The number of rotatable bonds is 5. The SMILES string of the molecule is CC1(C)[C@@H](CCn2cccn2)C[C@H]1CN1CCCCC1. The van der Waals surface area contributed by atoms with Gasteiger partial charge in [0.2, 0.25) is 0 Å². The number of hydrogen-bond donors (Lipinski definition) is 0. The lowest BCUT2D eigenvalue weighted by Gasteiger charge is -2.54. The molecule has 0 radical (unpaired) electrons. The van der Waals surface area contributed by atoms with Crippen molar-refractivity contribution < 1.29 is 0 Å². The summed E-state index contributed by atoms with van der Waals surface area (Å²) in [6.45, 7) is 10.1. The first-order valence-electron chi connectivity index (χ1n) is 8.36. The van der Waals surface area contributed by atoms with Gasteiger partial charge in [-0.25, -0.2) is 0 Å². The van der Waals surface area contributed by atoms with Gasteiger partial charge >= 0.3 is 0 Å². The van der Waals surface area contributed by atoms with Crippen molar-refractivity contribution in [2.24, 2.45) is 17.3 Å². The van der Waals surface area contributed by atoms with Crippen molar-refractivity contribution in [2.45, 2.75) is 52.5 Å². The second-order valence-corrected chi connectivity index (χ2v) is 7.37. The largest absolute Gasteiger partial charge is 0.303 e. The molecule has 2 fully saturated rings. The maximum Gasteiger partial charge on any atom is 0.0489 e. The van der Waals surface area contributed by atoms with E-state index in [9.17, 15) is 0 Å². The summed E-state index contributed by atoms with van der Waals surface area (Å²) in [5, 5.41) is 4.32. The van der Waals surface area contributed by atoms with E-state index in [1.807, 2.05) is 12.3 Å². The van der Waals surface area contributed by atoms with Gasteiger partial charge in [-0.1, -0.05) is 20.3 Å². The van der Waals surface area contributed by atoms with Gasteiger partial charge in [-0.2, -0.15) is 5.10 Å². The second kappa shape index (κ2) is 5.88. The minimum atomic E-state index is 0.518. The smallest absolute Gasteiger partial charge is 0.0489 e. The van der Waals surface area contributed by atoms with Crippen LogP contribution in [0.1, 0.15) is 46.0 Å².